The zero-order chi connectivity index (χ0) is 13.0. The molecule has 2 rings (SSSR count). The molecule has 18 heavy (non-hydrogen) atoms. The molecular formula is C14H18N2OS. The third kappa shape index (κ3) is 3.07. The van der Waals surface area contributed by atoms with Crippen LogP contribution >= 0.6 is 11.8 Å². The summed E-state index contributed by atoms with van der Waals surface area (Å²) in [5.74, 6) is 1.92. The van der Waals surface area contributed by atoms with Gasteiger partial charge in [0.1, 0.15) is 5.82 Å². The number of hydrogen-bond donors (Lipinski definition) is 2. The van der Waals surface area contributed by atoms with Crippen molar-refractivity contribution in [2.45, 2.75) is 19.4 Å². The number of aromatic nitrogens is 1. The van der Waals surface area contributed by atoms with Gasteiger partial charge in [-0.25, -0.2) is 0 Å². The van der Waals surface area contributed by atoms with E-state index in [0.29, 0.717) is 6.04 Å². The van der Waals surface area contributed by atoms with E-state index < -0.39 is 0 Å². The normalized spacial score (nSPS) is 12.6. The Morgan fingerprint density at radius 1 is 1.39 bits per heavy atom. The van der Waals surface area contributed by atoms with Crippen LogP contribution in [0.25, 0.3) is 10.8 Å². The van der Waals surface area contributed by atoms with E-state index >= 15 is 0 Å². The monoisotopic (exact) mass is 262 g/mol. The Morgan fingerprint density at radius 2 is 2.17 bits per heavy atom. The topological polar surface area (TPSA) is 44.9 Å². The van der Waals surface area contributed by atoms with Gasteiger partial charge in [0.25, 0.3) is 5.56 Å². The minimum atomic E-state index is -0.0346. The van der Waals surface area contributed by atoms with Gasteiger partial charge < -0.3 is 10.3 Å². The second-order valence-electron chi connectivity index (χ2n) is 4.43. The van der Waals surface area contributed by atoms with Crippen LogP contribution in [0.4, 0.5) is 5.82 Å². The molecule has 1 aromatic carbocycles. The van der Waals surface area contributed by atoms with Crippen LogP contribution in [0.3, 0.4) is 0 Å². The van der Waals surface area contributed by atoms with Gasteiger partial charge in [0, 0.05) is 11.4 Å². The second kappa shape index (κ2) is 5.96. The summed E-state index contributed by atoms with van der Waals surface area (Å²) in [5.41, 5.74) is -0.0346. The van der Waals surface area contributed by atoms with Crippen LogP contribution in [0.15, 0.2) is 35.1 Å². The molecule has 1 atom stereocenters. The van der Waals surface area contributed by atoms with Crippen molar-refractivity contribution >= 4 is 28.4 Å². The first-order valence-corrected chi connectivity index (χ1v) is 7.47. The lowest BCUT2D eigenvalue weighted by molar-refractivity contribution is 0.767. The van der Waals surface area contributed by atoms with E-state index in [1.165, 1.54) is 0 Å². The fourth-order valence-corrected chi connectivity index (χ4v) is 2.51. The molecule has 0 saturated carbocycles. The third-order valence-electron chi connectivity index (χ3n) is 2.91. The van der Waals surface area contributed by atoms with E-state index in [1.54, 1.807) is 0 Å². The Hall–Kier alpha value is -1.42. The standard InChI is InChI=1S/C14H18N2OS/c1-10(7-8-18-2)15-13-9-11-5-3-4-6-12(11)14(17)16-13/h3-6,9-10H,7-8H2,1-2H3,(H2,15,16,17). The molecule has 0 bridgehead atoms. The summed E-state index contributed by atoms with van der Waals surface area (Å²) in [5, 5.41) is 5.05. The predicted molar refractivity (Wildman–Crippen MR) is 80.7 cm³/mol. The van der Waals surface area contributed by atoms with E-state index in [1.807, 2.05) is 42.1 Å². The first-order valence-electron chi connectivity index (χ1n) is 6.08. The number of nitrogens with one attached hydrogen (secondary N) is 2. The molecule has 4 heteroatoms. The van der Waals surface area contributed by atoms with E-state index in [9.17, 15) is 4.79 Å². The number of hydrogen-bond acceptors (Lipinski definition) is 3. The molecule has 0 aliphatic carbocycles. The Bertz CT molecular complexity index is 579. The molecule has 3 nitrogen and oxygen atoms in total. The number of fused-ring (bicyclic) bond motifs is 1. The average molecular weight is 262 g/mol. The van der Waals surface area contributed by atoms with Gasteiger partial charge in [0.2, 0.25) is 0 Å². The van der Waals surface area contributed by atoms with Crippen LogP contribution in [-0.4, -0.2) is 23.0 Å². The molecule has 0 amide bonds. The molecule has 2 aromatic rings. The number of pyridine rings is 1. The molecular weight excluding hydrogens is 244 g/mol. The van der Waals surface area contributed by atoms with Gasteiger partial charge in [-0.2, -0.15) is 11.8 Å². The number of anilines is 1. The Morgan fingerprint density at radius 3 is 2.94 bits per heavy atom. The van der Waals surface area contributed by atoms with Crippen LogP contribution in [0, 0.1) is 0 Å². The largest absolute Gasteiger partial charge is 0.369 e. The first kappa shape index (κ1) is 13.0. The zero-order valence-electron chi connectivity index (χ0n) is 10.7. The van der Waals surface area contributed by atoms with E-state index in [2.05, 4.69) is 23.5 Å². The number of rotatable bonds is 5. The van der Waals surface area contributed by atoms with Gasteiger partial charge in [-0.3, -0.25) is 4.79 Å². The van der Waals surface area contributed by atoms with Crippen LogP contribution in [0.2, 0.25) is 0 Å². The molecule has 0 saturated heterocycles. The summed E-state index contributed by atoms with van der Waals surface area (Å²) in [4.78, 5) is 14.8. The minimum absolute atomic E-state index is 0.0346. The molecule has 0 radical (unpaired) electrons. The van der Waals surface area contributed by atoms with Gasteiger partial charge in [-0.15, -0.1) is 0 Å². The highest BCUT2D eigenvalue weighted by molar-refractivity contribution is 7.98. The highest BCUT2D eigenvalue weighted by Crippen LogP contribution is 2.14. The smallest absolute Gasteiger partial charge is 0.257 e. The number of H-pyrrole nitrogens is 1. The number of benzene rings is 1. The molecule has 1 unspecified atom stereocenters. The third-order valence-corrected chi connectivity index (χ3v) is 3.55. The van der Waals surface area contributed by atoms with Crippen molar-refractivity contribution in [2.24, 2.45) is 0 Å². The highest BCUT2D eigenvalue weighted by atomic mass is 32.2. The van der Waals surface area contributed by atoms with Gasteiger partial charge in [-0.05, 0) is 42.9 Å². The maximum absolute atomic E-state index is 11.9. The molecule has 96 valence electrons. The Labute approximate surface area is 111 Å². The zero-order valence-corrected chi connectivity index (χ0v) is 11.5. The molecule has 0 spiro atoms. The number of aromatic amines is 1. The maximum atomic E-state index is 11.9. The van der Waals surface area contributed by atoms with E-state index in [-0.39, 0.29) is 5.56 Å². The summed E-state index contributed by atoms with van der Waals surface area (Å²) < 4.78 is 0. The number of thioether (sulfide) groups is 1. The van der Waals surface area contributed by atoms with Gasteiger partial charge >= 0.3 is 0 Å². The lowest BCUT2D eigenvalue weighted by Gasteiger charge is -2.14. The van der Waals surface area contributed by atoms with Crippen molar-refractivity contribution in [2.75, 3.05) is 17.3 Å². The summed E-state index contributed by atoms with van der Waals surface area (Å²) in [7, 11) is 0. The van der Waals surface area contributed by atoms with Crippen molar-refractivity contribution in [3.8, 4) is 0 Å². The highest BCUT2D eigenvalue weighted by Gasteiger charge is 2.04. The summed E-state index contributed by atoms with van der Waals surface area (Å²) >= 11 is 1.83. The van der Waals surface area contributed by atoms with Crippen LogP contribution in [0.1, 0.15) is 13.3 Å². The lowest BCUT2D eigenvalue weighted by atomic mass is 10.1. The molecule has 0 aliphatic rings. The summed E-state index contributed by atoms with van der Waals surface area (Å²) in [6.45, 7) is 2.13. The molecule has 0 aliphatic heterocycles. The quantitative estimate of drug-likeness (QED) is 0.870. The molecule has 0 fully saturated rings. The van der Waals surface area contributed by atoms with Gasteiger partial charge in [0.05, 0.1) is 0 Å². The summed E-state index contributed by atoms with van der Waals surface area (Å²) in [6.07, 6.45) is 3.18. The second-order valence-corrected chi connectivity index (χ2v) is 5.41. The SMILES string of the molecule is CSCCC(C)Nc1cc2ccccc2c(=O)[nH]1. The fourth-order valence-electron chi connectivity index (χ4n) is 1.92. The van der Waals surface area contributed by atoms with Crippen LogP contribution < -0.4 is 10.9 Å². The average Bonchev–Trinajstić information content (AvgIpc) is 2.36. The minimum Gasteiger partial charge on any atom is -0.369 e. The van der Waals surface area contributed by atoms with Crippen molar-refractivity contribution in [1.29, 1.82) is 0 Å². The first-order chi connectivity index (χ1) is 8.70. The van der Waals surface area contributed by atoms with Crippen LogP contribution in [0.5, 0.6) is 0 Å². The van der Waals surface area contributed by atoms with Crippen molar-refractivity contribution in [3.05, 3.63) is 40.7 Å². The predicted octanol–water partition coefficient (Wildman–Crippen LogP) is 3.08. The molecule has 1 heterocycles. The Balaban J connectivity index is 2.22. The maximum Gasteiger partial charge on any atom is 0.257 e. The lowest BCUT2D eigenvalue weighted by Crippen LogP contribution is -2.19. The molecule has 2 N–H and O–H groups in total. The van der Waals surface area contributed by atoms with E-state index in [4.69, 9.17) is 0 Å². The Kier molecular flexibility index (Phi) is 4.31. The van der Waals surface area contributed by atoms with Crippen molar-refractivity contribution < 1.29 is 0 Å². The van der Waals surface area contributed by atoms with Crippen LogP contribution in [-0.2, 0) is 0 Å². The van der Waals surface area contributed by atoms with Gasteiger partial charge in [0.15, 0.2) is 0 Å². The van der Waals surface area contributed by atoms with E-state index in [0.717, 1.165) is 28.8 Å². The van der Waals surface area contributed by atoms with Crippen molar-refractivity contribution in [3.63, 3.8) is 0 Å². The van der Waals surface area contributed by atoms with Gasteiger partial charge in [-0.1, -0.05) is 18.2 Å². The fraction of sp³-hybridized carbons (Fsp3) is 0.357. The molecule has 1 aromatic heterocycles. The van der Waals surface area contributed by atoms with Crippen molar-refractivity contribution in [1.82, 2.24) is 4.98 Å². The summed E-state index contributed by atoms with van der Waals surface area (Å²) in [6, 6.07) is 9.98.